The maximum atomic E-state index is 12.0. The van der Waals surface area contributed by atoms with E-state index in [-0.39, 0.29) is 6.09 Å². The molecule has 1 fully saturated rings. The third-order valence-corrected chi connectivity index (χ3v) is 3.58. The summed E-state index contributed by atoms with van der Waals surface area (Å²) in [5, 5.41) is 3.24. The average molecular weight is 285 g/mol. The lowest BCUT2D eigenvalue weighted by atomic mass is 10.1. The number of carbonyl (C=O) groups is 1. The molecule has 1 aliphatic heterocycles. The Bertz CT molecular complexity index is 302. The van der Waals surface area contributed by atoms with Gasteiger partial charge in [0.1, 0.15) is 5.60 Å². The van der Waals surface area contributed by atoms with Crippen molar-refractivity contribution < 1.29 is 9.53 Å². The minimum atomic E-state index is -0.421. The van der Waals surface area contributed by atoms with Crippen molar-refractivity contribution in [1.29, 1.82) is 0 Å². The Morgan fingerprint density at radius 1 is 1.45 bits per heavy atom. The van der Waals surface area contributed by atoms with Crippen LogP contribution in [0.3, 0.4) is 0 Å². The predicted octanol–water partition coefficient (Wildman–Crippen LogP) is 1.78. The van der Waals surface area contributed by atoms with Gasteiger partial charge in [0.05, 0.1) is 0 Å². The third kappa shape index (κ3) is 6.09. The first-order valence-corrected chi connectivity index (χ1v) is 7.70. The van der Waals surface area contributed by atoms with Gasteiger partial charge in [-0.25, -0.2) is 4.79 Å². The van der Waals surface area contributed by atoms with Crippen LogP contribution in [-0.2, 0) is 4.74 Å². The predicted molar refractivity (Wildman–Crippen MR) is 82.0 cm³/mol. The molecule has 1 heterocycles. The number of hydrogen-bond acceptors (Lipinski definition) is 4. The fourth-order valence-electron chi connectivity index (χ4n) is 2.54. The van der Waals surface area contributed by atoms with Gasteiger partial charge >= 0.3 is 6.09 Å². The monoisotopic (exact) mass is 285 g/mol. The molecule has 1 saturated heterocycles. The number of likely N-dealkylation sites (N-methyl/N-ethyl adjacent to an activating group) is 1. The molecule has 0 spiro atoms. The highest BCUT2D eigenvalue weighted by Crippen LogP contribution is 2.15. The van der Waals surface area contributed by atoms with Gasteiger partial charge in [-0.1, -0.05) is 0 Å². The topological polar surface area (TPSA) is 44.8 Å². The molecule has 5 heteroatoms. The van der Waals surface area contributed by atoms with Crippen molar-refractivity contribution in [1.82, 2.24) is 15.1 Å². The summed E-state index contributed by atoms with van der Waals surface area (Å²) in [6.45, 7) is 13.4. The molecule has 0 aromatic rings. The van der Waals surface area contributed by atoms with E-state index in [0.29, 0.717) is 6.54 Å². The highest BCUT2D eigenvalue weighted by atomic mass is 16.6. The van der Waals surface area contributed by atoms with Crippen LogP contribution in [0.4, 0.5) is 4.79 Å². The molecule has 0 radical (unpaired) electrons. The van der Waals surface area contributed by atoms with Crippen LogP contribution >= 0.6 is 0 Å². The molecule has 118 valence electrons. The zero-order chi connectivity index (χ0) is 15.2. The van der Waals surface area contributed by atoms with E-state index in [4.69, 9.17) is 4.74 Å². The van der Waals surface area contributed by atoms with E-state index >= 15 is 0 Å². The fourth-order valence-corrected chi connectivity index (χ4v) is 2.54. The highest BCUT2D eigenvalue weighted by molar-refractivity contribution is 5.68. The molecule has 1 amide bonds. The Kier molecular flexibility index (Phi) is 6.76. The van der Waals surface area contributed by atoms with E-state index in [2.05, 4.69) is 10.2 Å². The van der Waals surface area contributed by atoms with E-state index in [1.807, 2.05) is 34.7 Å². The molecule has 0 aromatic heterocycles. The molecular weight excluding hydrogens is 254 g/mol. The van der Waals surface area contributed by atoms with E-state index in [1.54, 1.807) is 4.90 Å². The number of nitrogens with zero attached hydrogens (tertiary/aromatic N) is 2. The van der Waals surface area contributed by atoms with Crippen molar-refractivity contribution in [3.63, 3.8) is 0 Å². The second kappa shape index (κ2) is 7.84. The lowest BCUT2D eigenvalue weighted by Crippen LogP contribution is -2.41. The first-order chi connectivity index (χ1) is 9.35. The van der Waals surface area contributed by atoms with Crippen molar-refractivity contribution in [2.24, 2.45) is 5.92 Å². The fraction of sp³-hybridized carbons (Fsp3) is 0.933. The SMILES string of the molecule is CCN(CCN1CCC(CNC)C1)C(=O)OC(C)(C)C. The Labute approximate surface area is 123 Å². The average Bonchev–Trinajstić information content (AvgIpc) is 2.76. The summed E-state index contributed by atoms with van der Waals surface area (Å²) in [7, 11) is 2.00. The standard InChI is InChI=1S/C15H31N3O2/c1-6-18(14(19)20-15(2,3)4)10-9-17-8-7-13(12-17)11-16-5/h13,16H,6-12H2,1-5H3. The van der Waals surface area contributed by atoms with Gasteiger partial charge < -0.3 is 19.9 Å². The van der Waals surface area contributed by atoms with Gasteiger partial charge in [0, 0.05) is 26.2 Å². The van der Waals surface area contributed by atoms with Crippen LogP contribution in [0.25, 0.3) is 0 Å². The third-order valence-electron chi connectivity index (χ3n) is 3.58. The van der Waals surface area contributed by atoms with Crippen molar-refractivity contribution in [2.45, 2.75) is 39.7 Å². The van der Waals surface area contributed by atoms with E-state index < -0.39 is 5.60 Å². The quantitative estimate of drug-likeness (QED) is 0.808. The van der Waals surface area contributed by atoms with Gasteiger partial charge in [-0.15, -0.1) is 0 Å². The normalized spacial score (nSPS) is 20.1. The molecule has 1 aliphatic rings. The second-order valence-corrected chi connectivity index (χ2v) is 6.57. The first kappa shape index (κ1) is 17.2. The summed E-state index contributed by atoms with van der Waals surface area (Å²) in [5.74, 6) is 0.747. The Morgan fingerprint density at radius 3 is 2.70 bits per heavy atom. The van der Waals surface area contributed by atoms with Crippen LogP contribution in [0.15, 0.2) is 0 Å². The lowest BCUT2D eigenvalue weighted by molar-refractivity contribution is 0.0246. The molecule has 1 atom stereocenters. The number of carbonyl (C=O) groups excluding carboxylic acids is 1. The molecule has 1 rings (SSSR count). The number of likely N-dealkylation sites (tertiary alicyclic amines) is 1. The van der Waals surface area contributed by atoms with Gasteiger partial charge in [0.2, 0.25) is 0 Å². The van der Waals surface area contributed by atoms with E-state index in [9.17, 15) is 4.79 Å². The Hall–Kier alpha value is -0.810. The molecule has 1 N–H and O–H groups in total. The van der Waals surface area contributed by atoms with Crippen LogP contribution < -0.4 is 5.32 Å². The van der Waals surface area contributed by atoms with Crippen LogP contribution in [-0.4, -0.2) is 67.8 Å². The van der Waals surface area contributed by atoms with Crippen LogP contribution in [0.5, 0.6) is 0 Å². The number of rotatable bonds is 6. The number of amides is 1. The molecular formula is C15H31N3O2. The Balaban J connectivity index is 2.33. The number of hydrogen-bond donors (Lipinski definition) is 1. The molecule has 0 aromatic carbocycles. The van der Waals surface area contributed by atoms with E-state index in [0.717, 1.165) is 38.6 Å². The van der Waals surface area contributed by atoms with Gasteiger partial charge in [-0.05, 0) is 60.2 Å². The highest BCUT2D eigenvalue weighted by Gasteiger charge is 2.24. The number of ether oxygens (including phenoxy) is 1. The van der Waals surface area contributed by atoms with Crippen molar-refractivity contribution in [3.8, 4) is 0 Å². The summed E-state index contributed by atoms with van der Waals surface area (Å²) in [6.07, 6.45) is 1.05. The molecule has 0 saturated carbocycles. The summed E-state index contributed by atoms with van der Waals surface area (Å²) in [6, 6.07) is 0. The molecule has 20 heavy (non-hydrogen) atoms. The zero-order valence-corrected chi connectivity index (χ0v) is 13.7. The second-order valence-electron chi connectivity index (χ2n) is 6.57. The van der Waals surface area contributed by atoms with Crippen molar-refractivity contribution >= 4 is 6.09 Å². The maximum Gasteiger partial charge on any atom is 0.410 e. The van der Waals surface area contributed by atoms with Crippen molar-refractivity contribution in [3.05, 3.63) is 0 Å². The molecule has 0 bridgehead atoms. The number of nitrogens with one attached hydrogen (secondary N) is 1. The smallest absolute Gasteiger partial charge is 0.410 e. The van der Waals surface area contributed by atoms with Gasteiger partial charge in [0.25, 0.3) is 0 Å². The first-order valence-electron chi connectivity index (χ1n) is 7.70. The van der Waals surface area contributed by atoms with Crippen molar-refractivity contribution in [2.75, 3.05) is 46.3 Å². The van der Waals surface area contributed by atoms with Crippen LogP contribution in [0, 0.1) is 5.92 Å². The van der Waals surface area contributed by atoms with E-state index in [1.165, 1.54) is 6.42 Å². The molecule has 5 nitrogen and oxygen atoms in total. The lowest BCUT2D eigenvalue weighted by Gasteiger charge is -2.28. The largest absolute Gasteiger partial charge is 0.444 e. The molecule has 1 unspecified atom stereocenters. The summed E-state index contributed by atoms with van der Waals surface area (Å²) in [4.78, 5) is 16.3. The van der Waals surface area contributed by atoms with Crippen LogP contribution in [0.2, 0.25) is 0 Å². The minimum absolute atomic E-state index is 0.203. The van der Waals surface area contributed by atoms with Gasteiger partial charge in [-0.2, -0.15) is 0 Å². The summed E-state index contributed by atoms with van der Waals surface area (Å²) < 4.78 is 5.42. The maximum absolute atomic E-state index is 12.0. The zero-order valence-electron chi connectivity index (χ0n) is 13.7. The van der Waals surface area contributed by atoms with Crippen LogP contribution in [0.1, 0.15) is 34.1 Å². The Morgan fingerprint density at radius 2 is 2.15 bits per heavy atom. The van der Waals surface area contributed by atoms with Gasteiger partial charge in [0.15, 0.2) is 0 Å². The minimum Gasteiger partial charge on any atom is -0.444 e. The summed E-state index contributed by atoms with van der Waals surface area (Å²) in [5.41, 5.74) is -0.421. The molecule has 0 aliphatic carbocycles. The van der Waals surface area contributed by atoms with Gasteiger partial charge in [-0.3, -0.25) is 0 Å². The summed E-state index contributed by atoms with van der Waals surface area (Å²) >= 11 is 0.